The summed E-state index contributed by atoms with van der Waals surface area (Å²) in [7, 11) is 4.76. The van der Waals surface area contributed by atoms with Gasteiger partial charge in [-0.05, 0) is 137 Å². The standard InChI is InChI=1S/C38H49N5O7S/c1-41(2)15-16-42(3)51(47,48)34-14-13-30(27-9-6-7-10-28(27)34)43-31(35-32(49-4)11-8-12-33(35)50-5)22-29(40-43)36(44)39-38(37(45)46)25-18-23-17-24(20-25)21-26(38)19-23/h8,11-14,22-26H,6-7,9-10,15-21H2,1-5H3,(H,39,44)(H,45,46). The van der Waals surface area contributed by atoms with Crippen molar-refractivity contribution in [1.29, 1.82) is 0 Å². The SMILES string of the molecule is COc1cccc(OC)c1-c1cc(C(=O)NC2(C(=O)O)C3CC4CC(C3)CC2C4)nn1-c1ccc(S(=O)(=O)N(C)CCN(C)C)c2c1CCCC2. The van der Waals surface area contributed by atoms with Gasteiger partial charge < -0.3 is 24.8 Å². The van der Waals surface area contributed by atoms with Crippen LogP contribution in [0.1, 0.15) is 66.6 Å². The Morgan fingerprint density at radius 1 is 0.922 bits per heavy atom. The zero-order chi connectivity index (χ0) is 36.2. The summed E-state index contributed by atoms with van der Waals surface area (Å²) in [5.74, 6) is 0.276. The van der Waals surface area contributed by atoms with Crippen LogP contribution in [-0.4, -0.2) is 98.4 Å². The molecule has 2 N–H and O–H groups in total. The van der Waals surface area contributed by atoms with E-state index in [4.69, 9.17) is 14.6 Å². The molecule has 1 amide bonds. The average Bonchev–Trinajstić information content (AvgIpc) is 3.55. The zero-order valence-corrected chi connectivity index (χ0v) is 31.0. The lowest BCUT2D eigenvalue weighted by molar-refractivity contribution is -0.163. The Bertz CT molecular complexity index is 1900. The van der Waals surface area contributed by atoms with Gasteiger partial charge in [-0.3, -0.25) is 4.79 Å². The van der Waals surface area contributed by atoms with Crippen LogP contribution in [0.5, 0.6) is 11.5 Å². The van der Waals surface area contributed by atoms with Gasteiger partial charge in [0.25, 0.3) is 5.91 Å². The van der Waals surface area contributed by atoms with Gasteiger partial charge in [0.15, 0.2) is 5.69 Å². The van der Waals surface area contributed by atoms with E-state index in [0.717, 1.165) is 56.1 Å². The van der Waals surface area contributed by atoms with E-state index in [-0.39, 0.29) is 22.4 Å². The summed E-state index contributed by atoms with van der Waals surface area (Å²) in [5.41, 5.74) is 2.08. The van der Waals surface area contributed by atoms with Crippen LogP contribution in [0.2, 0.25) is 0 Å². The van der Waals surface area contributed by atoms with Gasteiger partial charge in [0.2, 0.25) is 10.0 Å². The number of sulfonamides is 1. The molecule has 4 fully saturated rings. The number of aliphatic carboxylic acids is 1. The molecule has 0 unspecified atom stereocenters. The summed E-state index contributed by atoms with van der Waals surface area (Å²) < 4.78 is 42.6. The van der Waals surface area contributed by atoms with Crippen molar-refractivity contribution in [2.75, 3.05) is 48.5 Å². The fraction of sp³-hybridized carbons (Fsp3) is 0.553. The minimum Gasteiger partial charge on any atom is -0.496 e. The molecule has 2 aromatic carbocycles. The van der Waals surface area contributed by atoms with Crippen LogP contribution in [0.15, 0.2) is 41.3 Å². The minimum atomic E-state index is -3.79. The first-order valence-electron chi connectivity index (χ1n) is 18.0. The number of rotatable bonds is 12. The second-order valence-electron chi connectivity index (χ2n) is 15.2. The molecule has 274 valence electrons. The molecule has 1 heterocycles. The number of nitrogens with zero attached hydrogens (tertiary/aromatic N) is 4. The number of amides is 1. The first-order chi connectivity index (χ1) is 24.4. The van der Waals surface area contributed by atoms with E-state index in [1.54, 1.807) is 56.3 Å². The van der Waals surface area contributed by atoms with Crippen LogP contribution in [0, 0.1) is 23.7 Å². The van der Waals surface area contributed by atoms with Crippen molar-refractivity contribution < 1.29 is 32.6 Å². The fourth-order valence-electron chi connectivity index (χ4n) is 9.63. The lowest BCUT2D eigenvalue weighted by Gasteiger charge is -2.59. The second kappa shape index (κ2) is 13.6. The third kappa shape index (κ3) is 6.00. The molecule has 5 aliphatic carbocycles. The molecule has 12 nitrogen and oxygen atoms in total. The molecule has 51 heavy (non-hydrogen) atoms. The van der Waals surface area contributed by atoms with Gasteiger partial charge >= 0.3 is 5.97 Å². The third-order valence-corrected chi connectivity index (χ3v) is 13.9. The number of benzene rings is 2. The predicted molar refractivity (Wildman–Crippen MR) is 192 cm³/mol. The molecular formula is C38H49N5O7S. The van der Waals surface area contributed by atoms with E-state index < -0.39 is 27.4 Å². The second-order valence-corrected chi connectivity index (χ2v) is 17.2. The molecule has 0 saturated heterocycles. The largest absolute Gasteiger partial charge is 0.496 e. The van der Waals surface area contributed by atoms with Crippen molar-refractivity contribution in [2.45, 2.75) is 68.2 Å². The summed E-state index contributed by atoms with van der Waals surface area (Å²) in [6.45, 7) is 0.937. The average molecular weight is 720 g/mol. The molecule has 0 spiro atoms. The Morgan fingerprint density at radius 3 is 2.10 bits per heavy atom. The lowest BCUT2D eigenvalue weighted by Crippen LogP contribution is -2.70. The van der Waals surface area contributed by atoms with Gasteiger partial charge in [0.05, 0.1) is 36.1 Å². The topological polar surface area (TPSA) is 143 Å². The minimum absolute atomic E-state index is 0.0667. The highest BCUT2D eigenvalue weighted by Gasteiger charge is 2.62. The maximum absolute atomic E-state index is 14.3. The Kier molecular flexibility index (Phi) is 9.43. The fourth-order valence-corrected chi connectivity index (χ4v) is 11.1. The molecule has 1 aromatic heterocycles. The van der Waals surface area contributed by atoms with E-state index in [9.17, 15) is 23.1 Å². The highest BCUT2D eigenvalue weighted by Crippen LogP contribution is 2.58. The maximum atomic E-state index is 14.3. The summed E-state index contributed by atoms with van der Waals surface area (Å²) in [4.78, 5) is 29.7. The molecule has 3 aromatic rings. The van der Waals surface area contributed by atoms with Crippen LogP contribution in [0.3, 0.4) is 0 Å². The number of methoxy groups -OCH3 is 2. The number of fused-ring (bicyclic) bond motifs is 1. The molecule has 8 rings (SSSR count). The van der Waals surface area contributed by atoms with E-state index >= 15 is 0 Å². The molecule has 4 bridgehead atoms. The van der Waals surface area contributed by atoms with E-state index in [1.807, 2.05) is 25.1 Å². The monoisotopic (exact) mass is 719 g/mol. The number of ether oxygens (including phenoxy) is 2. The summed E-state index contributed by atoms with van der Waals surface area (Å²) in [5, 5.41) is 18.7. The number of carbonyl (C=O) groups is 2. The van der Waals surface area contributed by atoms with Crippen molar-refractivity contribution in [1.82, 2.24) is 24.3 Å². The number of carboxylic acid groups (broad SMARTS) is 1. The van der Waals surface area contributed by atoms with Crippen molar-refractivity contribution in [3.8, 4) is 28.4 Å². The van der Waals surface area contributed by atoms with Gasteiger partial charge in [-0.15, -0.1) is 0 Å². The number of likely N-dealkylation sites (N-methyl/N-ethyl adjacent to an activating group) is 2. The van der Waals surface area contributed by atoms with Gasteiger partial charge in [-0.1, -0.05) is 6.07 Å². The number of hydrogen-bond acceptors (Lipinski definition) is 8. The molecule has 0 aliphatic heterocycles. The van der Waals surface area contributed by atoms with E-state index in [2.05, 4.69) is 5.32 Å². The van der Waals surface area contributed by atoms with Crippen molar-refractivity contribution in [3.05, 3.63) is 53.2 Å². The van der Waals surface area contributed by atoms with Crippen LogP contribution >= 0.6 is 0 Å². The first kappa shape index (κ1) is 35.5. The van der Waals surface area contributed by atoms with E-state index in [0.29, 0.717) is 66.2 Å². The molecule has 0 atom stereocenters. The normalized spacial score (nSPS) is 25.2. The number of hydrogen-bond donors (Lipinski definition) is 2. The predicted octanol–water partition coefficient (Wildman–Crippen LogP) is 4.63. The number of carboxylic acids is 1. The third-order valence-electron chi connectivity index (χ3n) is 12.0. The van der Waals surface area contributed by atoms with Gasteiger partial charge in [0, 0.05) is 20.1 Å². The van der Waals surface area contributed by atoms with Crippen molar-refractivity contribution in [3.63, 3.8) is 0 Å². The lowest BCUT2D eigenvalue weighted by atomic mass is 9.48. The van der Waals surface area contributed by atoms with E-state index in [1.165, 1.54) is 4.31 Å². The smallest absolute Gasteiger partial charge is 0.330 e. The molecule has 4 saturated carbocycles. The van der Waals surface area contributed by atoms with Crippen molar-refractivity contribution in [2.24, 2.45) is 23.7 Å². The van der Waals surface area contributed by atoms with Gasteiger partial charge in [-0.2, -0.15) is 9.40 Å². The summed E-state index contributed by atoms with van der Waals surface area (Å²) in [6.07, 6.45) is 7.33. The maximum Gasteiger partial charge on any atom is 0.330 e. The Labute approximate surface area is 300 Å². The highest BCUT2D eigenvalue weighted by molar-refractivity contribution is 7.89. The van der Waals surface area contributed by atoms with Crippen LogP contribution < -0.4 is 14.8 Å². The summed E-state index contributed by atoms with van der Waals surface area (Å²) in [6, 6.07) is 10.5. The molecule has 0 radical (unpaired) electrons. The van der Waals surface area contributed by atoms with Crippen LogP contribution in [0.4, 0.5) is 0 Å². The quantitative estimate of drug-likeness (QED) is 0.274. The van der Waals surface area contributed by atoms with Crippen LogP contribution in [0.25, 0.3) is 16.9 Å². The Morgan fingerprint density at radius 2 is 1.53 bits per heavy atom. The van der Waals surface area contributed by atoms with Gasteiger partial charge in [0.1, 0.15) is 17.0 Å². The zero-order valence-electron chi connectivity index (χ0n) is 30.1. The number of nitrogens with one attached hydrogen (secondary N) is 1. The highest BCUT2D eigenvalue weighted by atomic mass is 32.2. The van der Waals surface area contributed by atoms with Crippen LogP contribution in [-0.2, 0) is 27.7 Å². The number of aromatic nitrogens is 2. The van der Waals surface area contributed by atoms with Gasteiger partial charge in [-0.25, -0.2) is 17.9 Å². The van der Waals surface area contributed by atoms with Crippen molar-refractivity contribution >= 4 is 21.9 Å². The Hall–Kier alpha value is -3.94. The Balaban J connectivity index is 1.36. The molecule has 5 aliphatic rings. The molecular weight excluding hydrogens is 671 g/mol. The molecule has 13 heteroatoms. The summed E-state index contributed by atoms with van der Waals surface area (Å²) >= 11 is 0. The first-order valence-corrected chi connectivity index (χ1v) is 19.5. The number of carbonyl (C=O) groups excluding carboxylic acids is 1.